The molecule has 1 heterocycles. The third kappa shape index (κ3) is 3.95. The van der Waals surface area contributed by atoms with E-state index in [1.165, 1.54) is 12.8 Å². The van der Waals surface area contributed by atoms with Crippen molar-refractivity contribution in [1.82, 2.24) is 15.0 Å². The Morgan fingerprint density at radius 1 is 1.10 bits per heavy atom. The molecule has 1 saturated carbocycles. The molecule has 6 nitrogen and oxygen atoms in total. The molecule has 0 radical (unpaired) electrons. The van der Waals surface area contributed by atoms with Gasteiger partial charge in [0.1, 0.15) is 0 Å². The van der Waals surface area contributed by atoms with E-state index in [1.807, 2.05) is 7.05 Å². The number of aromatic nitrogens is 3. The van der Waals surface area contributed by atoms with Crippen molar-refractivity contribution < 1.29 is 0 Å². The molecule has 1 aromatic heterocycles. The molecule has 0 spiro atoms. The molecular formula is C15H28N6. The van der Waals surface area contributed by atoms with Gasteiger partial charge in [-0.3, -0.25) is 0 Å². The molecule has 0 amide bonds. The largest absolute Gasteiger partial charge is 0.357 e. The van der Waals surface area contributed by atoms with Gasteiger partial charge in [-0.05, 0) is 46.5 Å². The van der Waals surface area contributed by atoms with Gasteiger partial charge in [0.05, 0.1) is 0 Å². The van der Waals surface area contributed by atoms with Crippen LogP contribution in [0.2, 0.25) is 0 Å². The van der Waals surface area contributed by atoms with Crippen molar-refractivity contribution in [3.8, 4) is 0 Å². The summed E-state index contributed by atoms with van der Waals surface area (Å²) >= 11 is 0. The second kappa shape index (κ2) is 6.91. The summed E-state index contributed by atoms with van der Waals surface area (Å²) in [6.07, 6.45) is 2.66. The summed E-state index contributed by atoms with van der Waals surface area (Å²) in [6, 6.07) is 0.391. The maximum absolute atomic E-state index is 4.72. The van der Waals surface area contributed by atoms with Crippen LogP contribution in [0.25, 0.3) is 0 Å². The van der Waals surface area contributed by atoms with E-state index in [9.17, 15) is 0 Å². The van der Waals surface area contributed by atoms with Gasteiger partial charge >= 0.3 is 0 Å². The SMILES string of the molecule is CCN(CC)c1nc(NC)nc(N(CC2CC2)C(C)C)n1. The van der Waals surface area contributed by atoms with Gasteiger partial charge in [-0.15, -0.1) is 0 Å². The molecule has 0 atom stereocenters. The second-order valence-electron chi connectivity index (χ2n) is 5.87. The minimum Gasteiger partial charge on any atom is -0.357 e. The minimum atomic E-state index is 0.391. The summed E-state index contributed by atoms with van der Waals surface area (Å²) < 4.78 is 0. The molecule has 118 valence electrons. The number of nitrogens with zero attached hydrogens (tertiary/aromatic N) is 5. The summed E-state index contributed by atoms with van der Waals surface area (Å²) in [5.74, 6) is 3.00. The van der Waals surface area contributed by atoms with Crippen molar-refractivity contribution in [3.05, 3.63) is 0 Å². The summed E-state index contributed by atoms with van der Waals surface area (Å²) in [5, 5.41) is 3.06. The molecule has 1 aliphatic carbocycles. The Bertz CT molecular complexity index is 453. The average molecular weight is 292 g/mol. The lowest BCUT2D eigenvalue weighted by atomic mass is 10.3. The highest BCUT2D eigenvalue weighted by Gasteiger charge is 2.27. The smallest absolute Gasteiger partial charge is 0.232 e. The Kier molecular flexibility index (Phi) is 5.20. The third-order valence-electron chi connectivity index (χ3n) is 3.91. The molecule has 2 rings (SSSR count). The van der Waals surface area contributed by atoms with Crippen molar-refractivity contribution in [2.45, 2.75) is 46.6 Å². The van der Waals surface area contributed by atoms with Gasteiger partial charge in [-0.25, -0.2) is 0 Å². The lowest BCUT2D eigenvalue weighted by Gasteiger charge is -2.28. The summed E-state index contributed by atoms with van der Waals surface area (Å²) in [5.41, 5.74) is 0. The van der Waals surface area contributed by atoms with E-state index in [1.54, 1.807) is 0 Å². The van der Waals surface area contributed by atoms with Gasteiger partial charge in [0.15, 0.2) is 0 Å². The Labute approximate surface area is 128 Å². The van der Waals surface area contributed by atoms with Crippen LogP contribution in [0.4, 0.5) is 17.8 Å². The normalized spacial score (nSPS) is 14.4. The van der Waals surface area contributed by atoms with Crippen molar-refractivity contribution in [2.75, 3.05) is 41.8 Å². The van der Waals surface area contributed by atoms with Crippen LogP contribution in [-0.4, -0.2) is 47.7 Å². The van der Waals surface area contributed by atoms with E-state index >= 15 is 0 Å². The Balaban J connectivity index is 2.32. The topological polar surface area (TPSA) is 57.2 Å². The first kappa shape index (κ1) is 15.8. The summed E-state index contributed by atoms with van der Waals surface area (Å²) in [4.78, 5) is 18.2. The van der Waals surface area contributed by atoms with Crippen LogP contribution in [0.15, 0.2) is 0 Å². The summed E-state index contributed by atoms with van der Waals surface area (Å²) in [7, 11) is 1.85. The summed E-state index contributed by atoms with van der Waals surface area (Å²) in [6.45, 7) is 11.5. The molecule has 0 aromatic carbocycles. The predicted molar refractivity (Wildman–Crippen MR) is 88.1 cm³/mol. The highest BCUT2D eigenvalue weighted by Crippen LogP contribution is 2.31. The van der Waals surface area contributed by atoms with Gasteiger partial charge < -0.3 is 15.1 Å². The van der Waals surface area contributed by atoms with Gasteiger partial charge in [0, 0.05) is 32.7 Å². The zero-order valence-electron chi connectivity index (χ0n) is 13.9. The van der Waals surface area contributed by atoms with Gasteiger partial charge in [-0.2, -0.15) is 15.0 Å². The molecule has 0 saturated heterocycles. The second-order valence-corrected chi connectivity index (χ2v) is 5.87. The lowest BCUT2D eigenvalue weighted by molar-refractivity contribution is 0.624. The van der Waals surface area contributed by atoms with Crippen molar-refractivity contribution in [1.29, 1.82) is 0 Å². The fraction of sp³-hybridized carbons (Fsp3) is 0.800. The maximum Gasteiger partial charge on any atom is 0.232 e. The number of hydrogen-bond donors (Lipinski definition) is 1. The first-order valence-electron chi connectivity index (χ1n) is 8.04. The van der Waals surface area contributed by atoms with Crippen molar-refractivity contribution in [3.63, 3.8) is 0 Å². The zero-order chi connectivity index (χ0) is 15.4. The van der Waals surface area contributed by atoms with E-state index in [0.717, 1.165) is 37.4 Å². The monoisotopic (exact) mass is 292 g/mol. The molecular weight excluding hydrogens is 264 g/mol. The van der Waals surface area contributed by atoms with Crippen molar-refractivity contribution >= 4 is 17.8 Å². The quantitative estimate of drug-likeness (QED) is 0.794. The van der Waals surface area contributed by atoms with Crippen LogP contribution < -0.4 is 15.1 Å². The van der Waals surface area contributed by atoms with Crippen LogP contribution in [0.1, 0.15) is 40.5 Å². The molecule has 0 aliphatic heterocycles. The first-order chi connectivity index (χ1) is 10.1. The van der Waals surface area contributed by atoms with E-state index in [4.69, 9.17) is 4.98 Å². The Hall–Kier alpha value is -1.59. The fourth-order valence-electron chi connectivity index (χ4n) is 2.34. The van der Waals surface area contributed by atoms with E-state index in [2.05, 4.69) is 52.8 Å². The van der Waals surface area contributed by atoms with Gasteiger partial charge in [0.25, 0.3) is 0 Å². The number of rotatable bonds is 8. The molecule has 0 unspecified atom stereocenters. The molecule has 0 bridgehead atoms. The number of anilines is 3. The Morgan fingerprint density at radius 2 is 1.71 bits per heavy atom. The molecule has 21 heavy (non-hydrogen) atoms. The molecule has 1 fully saturated rings. The van der Waals surface area contributed by atoms with E-state index in [0.29, 0.717) is 12.0 Å². The molecule has 1 aliphatic rings. The van der Waals surface area contributed by atoms with Crippen molar-refractivity contribution in [2.24, 2.45) is 5.92 Å². The fourth-order valence-corrected chi connectivity index (χ4v) is 2.34. The molecule has 1 N–H and O–H groups in total. The van der Waals surface area contributed by atoms with Crippen LogP contribution >= 0.6 is 0 Å². The molecule has 6 heteroatoms. The average Bonchev–Trinajstić information content (AvgIpc) is 3.29. The van der Waals surface area contributed by atoms with E-state index < -0.39 is 0 Å². The first-order valence-corrected chi connectivity index (χ1v) is 8.04. The maximum atomic E-state index is 4.72. The van der Waals surface area contributed by atoms with Crippen LogP contribution in [0, 0.1) is 5.92 Å². The highest BCUT2D eigenvalue weighted by molar-refractivity contribution is 5.45. The zero-order valence-corrected chi connectivity index (χ0v) is 13.9. The van der Waals surface area contributed by atoms with Gasteiger partial charge in [-0.1, -0.05) is 0 Å². The third-order valence-corrected chi connectivity index (χ3v) is 3.91. The Morgan fingerprint density at radius 3 is 2.19 bits per heavy atom. The number of nitrogens with one attached hydrogen (secondary N) is 1. The van der Waals surface area contributed by atoms with Gasteiger partial charge in [0.2, 0.25) is 17.8 Å². The van der Waals surface area contributed by atoms with Crippen LogP contribution in [-0.2, 0) is 0 Å². The minimum absolute atomic E-state index is 0.391. The van der Waals surface area contributed by atoms with Crippen LogP contribution in [0.3, 0.4) is 0 Å². The predicted octanol–water partition coefficient (Wildman–Crippen LogP) is 2.38. The molecule has 1 aromatic rings. The lowest BCUT2D eigenvalue weighted by Crippen LogP contribution is -2.35. The standard InChI is InChI=1S/C15H28N6/c1-6-20(7-2)14-17-13(16-5)18-15(19-14)21(11(3)4)10-12-8-9-12/h11-12H,6-10H2,1-5H3,(H,16,17,18,19). The van der Waals surface area contributed by atoms with E-state index in [-0.39, 0.29) is 0 Å². The number of hydrogen-bond acceptors (Lipinski definition) is 6. The van der Waals surface area contributed by atoms with Crippen LogP contribution in [0.5, 0.6) is 0 Å². The highest BCUT2D eigenvalue weighted by atomic mass is 15.4.